The number of benzene rings is 1. The van der Waals surface area contributed by atoms with Crippen molar-refractivity contribution in [3.63, 3.8) is 0 Å². The number of carbonyl (C=O) groups is 1. The SMILES string of the molecule is CC1(OC(=O)N2CCC(COc3cnc(N4CCN(S(=O)(=O)CC5(NCc6ccccc6)CC5)CC4)cn3)CC2)CC1. The number of ether oxygens (including phenoxy) is 2. The molecule has 12 heteroatoms. The molecule has 0 bridgehead atoms. The number of nitrogens with zero attached hydrogens (tertiary/aromatic N) is 5. The molecule has 0 radical (unpaired) electrons. The fourth-order valence-electron chi connectivity index (χ4n) is 5.63. The normalized spacial score (nSPS) is 22.0. The van der Waals surface area contributed by atoms with Gasteiger partial charge < -0.3 is 24.6 Å². The predicted molar refractivity (Wildman–Crippen MR) is 159 cm³/mol. The van der Waals surface area contributed by atoms with Crippen LogP contribution in [0.3, 0.4) is 0 Å². The van der Waals surface area contributed by atoms with Crippen LogP contribution < -0.4 is 15.0 Å². The van der Waals surface area contributed by atoms with Crippen LogP contribution in [-0.4, -0.2) is 96.5 Å². The van der Waals surface area contributed by atoms with Crippen molar-refractivity contribution in [3.8, 4) is 5.88 Å². The van der Waals surface area contributed by atoms with E-state index in [4.69, 9.17) is 9.47 Å². The zero-order valence-electron chi connectivity index (χ0n) is 24.4. The molecule has 1 amide bonds. The number of amides is 1. The molecule has 4 fully saturated rings. The first-order chi connectivity index (χ1) is 20.2. The fraction of sp³-hybridized carbons (Fsp3) is 0.633. The summed E-state index contributed by atoms with van der Waals surface area (Å²) in [6, 6.07) is 10.1. The van der Waals surface area contributed by atoms with Crippen molar-refractivity contribution in [1.82, 2.24) is 24.5 Å². The van der Waals surface area contributed by atoms with E-state index in [2.05, 4.69) is 32.3 Å². The monoisotopic (exact) mass is 598 g/mol. The number of anilines is 1. The van der Waals surface area contributed by atoms with Gasteiger partial charge in [-0.2, -0.15) is 4.31 Å². The topological polar surface area (TPSA) is 117 Å². The zero-order valence-corrected chi connectivity index (χ0v) is 25.2. The lowest BCUT2D eigenvalue weighted by molar-refractivity contribution is 0.0454. The average molecular weight is 599 g/mol. The molecular weight excluding hydrogens is 556 g/mol. The maximum atomic E-state index is 13.2. The number of carbonyl (C=O) groups excluding carboxylic acids is 1. The summed E-state index contributed by atoms with van der Waals surface area (Å²) in [5, 5.41) is 3.50. The smallest absolute Gasteiger partial charge is 0.410 e. The van der Waals surface area contributed by atoms with E-state index in [-0.39, 0.29) is 23.0 Å². The van der Waals surface area contributed by atoms with Gasteiger partial charge in [-0.15, -0.1) is 0 Å². The van der Waals surface area contributed by atoms with Crippen molar-refractivity contribution >= 4 is 21.9 Å². The van der Waals surface area contributed by atoms with Crippen LogP contribution in [0.5, 0.6) is 5.88 Å². The molecule has 0 unspecified atom stereocenters. The van der Waals surface area contributed by atoms with Crippen molar-refractivity contribution in [1.29, 1.82) is 0 Å². The van der Waals surface area contributed by atoms with Crippen LogP contribution in [0.15, 0.2) is 42.7 Å². The van der Waals surface area contributed by atoms with Gasteiger partial charge in [0.05, 0.1) is 24.8 Å². The van der Waals surface area contributed by atoms with Gasteiger partial charge in [0.15, 0.2) is 0 Å². The summed E-state index contributed by atoms with van der Waals surface area (Å²) in [6.45, 7) is 6.56. The van der Waals surface area contributed by atoms with Crippen LogP contribution in [0.4, 0.5) is 10.6 Å². The van der Waals surface area contributed by atoms with Gasteiger partial charge in [0, 0.05) is 51.4 Å². The Morgan fingerprint density at radius 2 is 1.69 bits per heavy atom. The van der Waals surface area contributed by atoms with Gasteiger partial charge in [0.2, 0.25) is 15.9 Å². The molecule has 2 aromatic rings. The van der Waals surface area contributed by atoms with Crippen molar-refractivity contribution in [2.75, 3.05) is 56.5 Å². The first kappa shape index (κ1) is 29.1. The molecule has 1 aromatic heterocycles. The highest BCUT2D eigenvalue weighted by atomic mass is 32.2. The lowest BCUT2D eigenvalue weighted by atomic mass is 9.98. The van der Waals surface area contributed by atoms with E-state index in [0.717, 1.165) is 49.9 Å². The van der Waals surface area contributed by atoms with Crippen LogP contribution >= 0.6 is 0 Å². The summed E-state index contributed by atoms with van der Waals surface area (Å²) in [7, 11) is -3.37. The molecular formula is C30H42N6O5S. The number of sulfonamides is 1. The van der Waals surface area contributed by atoms with Crippen LogP contribution in [0.1, 0.15) is 51.0 Å². The van der Waals surface area contributed by atoms with Crippen molar-refractivity contribution in [2.45, 2.75) is 63.1 Å². The second kappa shape index (κ2) is 12.0. The zero-order chi connectivity index (χ0) is 29.2. The molecule has 2 aliphatic heterocycles. The third kappa shape index (κ3) is 7.33. The summed E-state index contributed by atoms with van der Waals surface area (Å²) in [5.41, 5.74) is 0.604. The number of hydrogen-bond acceptors (Lipinski definition) is 9. The molecule has 2 saturated carbocycles. The minimum Gasteiger partial charge on any atom is -0.476 e. The number of piperidine rings is 1. The molecule has 0 spiro atoms. The molecule has 1 N–H and O–H groups in total. The third-order valence-corrected chi connectivity index (χ3v) is 11.1. The molecule has 228 valence electrons. The Morgan fingerprint density at radius 3 is 2.31 bits per heavy atom. The number of piperazine rings is 1. The Bertz CT molecular complexity index is 1320. The highest BCUT2D eigenvalue weighted by Gasteiger charge is 2.47. The third-order valence-electron chi connectivity index (χ3n) is 9.02. The van der Waals surface area contributed by atoms with E-state index >= 15 is 0 Å². The van der Waals surface area contributed by atoms with Crippen LogP contribution in [0.25, 0.3) is 0 Å². The van der Waals surface area contributed by atoms with Gasteiger partial charge in [-0.25, -0.2) is 23.2 Å². The lowest BCUT2D eigenvalue weighted by Crippen LogP contribution is -2.52. The number of rotatable bonds is 11. The first-order valence-electron chi connectivity index (χ1n) is 15.2. The van der Waals surface area contributed by atoms with Gasteiger partial charge >= 0.3 is 6.09 Å². The molecule has 3 heterocycles. The molecule has 2 aliphatic carbocycles. The van der Waals surface area contributed by atoms with Crippen LogP contribution in [-0.2, 0) is 21.3 Å². The molecule has 42 heavy (non-hydrogen) atoms. The molecule has 6 rings (SSSR count). The predicted octanol–water partition coefficient (Wildman–Crippen LogP) is 3.03. The molecule has 0 atom stereocenters. The highest BCUT2D eigenvalue weighted by Crippen LogP contribution is 2.39. The Labute approximate surface area is 248 Å². The molecule has 1 aromatic carbocycles. The maximum Gasteiger partial charge on any atom is 0.410 e. The van der Waals surface area contributed by atoms with Gasteiger partial charge in [0.25, 0.3) is 0 Å². The van der Waals surface area contributed by atoms with E-state index in [1.807, 2.05) is 25.1 Å². The van der Waals surface area contributed by atoms with E-state index < -0.39 is 10.0 Å². The molecule has 4 aliphatic rings. The second-order valence-corrected chi connectivity index (χ2v) is 14.5. The lowest BCUT2D eigenvalue weighted by Gasteiger charge is -2.35. The van der Waals surface area contributed by atoms with Gasteiger partial charge in [-0.05, 0) is 56.9 Å². The Morgan fingerprint density at radius 1 is 0.976 bits per heavy atom. The number of hydrogen-bond donors (Lipinski definition) is 1. The highest BCUT2D eigenvalue weighted by molar-refractivity contribution is 7.89. The number of nitrogens with one attached hydrogen (secondary N) is 1. The summed E-state index contributed by atoms with van der Waals surface area (Å²) in [5.74, 6) is 1.69. The Balaban J connectivity index is 0.914. The quantitative estimate of drug-likeness (QED) is 0.417. The summed E-state index contributed by atoms with van der Waals surface area (Å²) in [6.07, 6.45) is 8.55. The van der Waals surface area contributed by atoms with E-state index in [1.165, 1.54) is 0 Å². The van der Waals surface area contributed by atoms with Crippen molar-refractivity contribution in [3.05, 3.63) is 48.3 Å². The van der Waals surface area contributed by atoms with Gasteiger partial charge in [-0.1, -0.05) is 30.3 Å². The number of aromatic nitrogens is 2. The van der Waals surface area contributed by atoms with E-state index in [1.54, 1.807) is 21.6 Å². The molecule has 11 nitrogen and oxygen atoms in total. The summed E-state index contributed by atoms with van der Waals surface area (Å²) in [4.78, 5) is 25.2. The second-order valence-electron chi connectivity index (χ2n) is 12.5. The summed E-state index contributed by atoms with van der Waals surface area (Å²) < 4.78 is 39.6. The number of likely N-dealkylation sites (tertiary alicyclic amines) is 1. The van der Waals surface area contributed by atoms with Crippen LogP contribution in [0.2, 0.25) is 0 Å². The van der Waals surface area contributed by atoms with Crippen molar-refractivity contribution < 1.29 is 22.7 Å². The fourth-order valence-corrected chi connectivity index (χ4v) is 7.62. The molecule has 2 saturated heterocycles. The minimum atomic E-state index is -3.37. The Kier molecular flexibility index (Phi) is 8.30. The van der Waals surface area contributed by atoms with Crippen molar-refractivity contribution in [2.24, 2.45) is 5.92 Å². The van der Waals surface area contributed by atoms with E-state index in [0.29, 0.717) is 64.2 Å². The maximum absolute atomic E-state index is 13.2. The first-order valence-corrected chi connectivity index (χ1v) is 16.8. The van der Waals surface area contributed by atoms with Gasteiger partial charge in [0.1, 0.15) is 11.4 Å². The average Bonchev–Trinajstić information content (AvgIpc) is 3.94. The van der Waals surface area contributed by atoms with E-state index in [9.17, 15) is 13.2 Å². The largest absolute Gasteiger partial charge is 0.476 e. The van der Waals surface area contributed by atoms with Crippen LogP contribution in [0, 0.1) is 5.92 Å². The van der Waals surface area contributed by atoms with Gasteiger partial charge in [-0.3, -0.25) is 0 Å². The Hall–Kier alpha value is -2.96. The standard InChI is InChI=1S/C30H42N6O5S/c1-29(9-10-29)41-28(37)35-13-7-25(8-14-35)22-40-27-21-31-26(20-32-27)34-15-17-36(18-16-34)42(38,39)23-30(11-12-30)33-19-24-5-3-2-4-6-24/h2-6,20-21,25,33H,7-19,22-23H2,1H3. The summed E-state index contributed by atoms with van der Waals surface area (Å²) >= 11 is 0. The minimum absolute atomic E-state index is 0.140.